The van der Waals surface area contributed by atoms with Gasteiger partial charge in [-0.2, -0.15) is 5.10 Å². The van der Waals surface area contributed by atoms with Gasteiger partial charge in [-0.25, -0.2) is 9.48 Å². The molecule has 0 saturated carbocycles. The van der Waals surface area contributed by atoms with E-state index in [9.17, 15) is 9.59 Å². The molecule has 0 radical (unpaired) electrons. The maximum Gasteiger partial charge on any atom is 0.407 e. The second-order valence-corrected chi connectivity index (χ2v) is 8.46. The number of carbonyl (C=O) groups is 2. The van der Waals surface area contributed by atoms with Crippen LogP contribution in [0.15, 0.2) is 30.5 Å². The monoisotopic (exact) mass is 420 g/mol. The smallest absolute Gasteiger partial charge is 0.407 e. The van der Waals surface area contributed by atoms with E-state index < -0.39 is 11.7 Å². The SMILES string of the molecule is CC(C)c1c(C(=O)NCCCNC(=O)OC(C)(C)C)cnn1-c1cccc(Cl)c1. The first-order valence-electron chi connectivity index (χ1n) is 9.67. The van der Waals surface area contributed by atoms with Crippen molar-refractivity contribution < 1.29 is 14.3 Å². The van der Waals surface area contributed by atoms with E-state index >= 15 is 0 Å². The highest BCUT2D eigenvalue weighted by atomic mass is 35.5. The van der Waals surface area contributed by atoms with Crippen molar-refractivity contribution in [2.45, 2.75) is 52.6 Å². The molecular formula is C21H29ClN4O3. The largest absolute Gasteiger partial charge is 0.444 e. The van der Waals surface area contributed by atoms with Gasteiger partial charge in [0.1, 0.15) is 5.60 Å². The van der Waals surface area contributed by atoms with E-state index in [0.717, 1.165) is 11.4 Å². The highest BCUT2D eigenvalue weighted by molar-refractivity contribution is 6.30. The number of nitrogens with one attached hydrogen (secondary N) is 2. The second-order valence-electron chi connectivity index (χ2n) is 8.03. The van der Waals surface area contributed by atoms with Gasteiger partial charge in [0.15, 0.2) is 0 Å². The molecule has 2 rings (SSSR count). The first-order valence-corrected chi connectivity index (χ1v) is 10.0. The molecule has 0 aliphatic heterocycles. The minimum atomic E-state index is -0.533. The second kappa shape index (κ2) is 9.78. The number of benzene rings is 1. The normalized spacial score (nSPS) is 11.4. The van der Waals surface area contributed by atoms with Crippen molar-refractivity contribution in [3.05, 3.63) is 46.7 Å². The molecule has 29 heavy (non-hydrogen) atoms. The van der Waals surface area contributed by atoms with Gasteiger partial charge in [-0.15, -0.1) is 0 Å². The summed E-state index contributed by atoms with van der Waals surface area (Å²) in [7, 11) is 0. The van der Waals surface area contributed by atoms with E-state index in [0.29, 0.717) is 30.1 Å². The van der Waals surface area contributed by atoms with E-state index in [1.807, 2.05) is 52.8 Å². The van der Waals surface area contributed by atoms with Crippen molar-refractivity contribution >= 4 is 23.6 Å². The Morgan fingerprint density at radius 2 is 1.90 bits per heavy atom. The van der Waals surface area contributed by atoms with Gasteiger partial charge in [0.2, 0.25) is 0 Å². The summed E-state index contributed by atoms with van der Waals surface area (Å²) in [4.78, 5) is 24.3. The Morgan fingerprint density at radius 3 is 2.52 bits per heavy atom. The highest BCUT2D eigenvalue weighted by Gasteiger charge is 2.21. The maximum atomic E-state index is 12.7. The van der Waals surface area contributed by atoms with Crippen LogP contribution in [-0.4, -0.2) is 40.5 Å². The Labute approximate surface area is 176 Å². The third-order valence-electron chi connectivity index (χ3n) is 3.96. The zero-order valence-corrected chi connectivity index (χ0v) is 18.3. The Hall–Kier alpha value is -2.54. The van der Waals surface area contributed by atoms with Crippen LogP contribution in [0.25, 0.3) is 5.69 Å². The van der Waals surface area contributed by atoms with Gasteiger partial charge in [-0.1, -0.05) is 31.5 Å². The van der Waals surface area contributed by atoms with Gasteiger partial charge < -0.3 is 15.4 Å². The summed E-state index contributed by atoms with van der Waals surface area (Å²) in [6.45, 7) is 10.3. The zero-order chi connectivity index (χ0) is 21.6. The van der Waals surface area contributed by atoms with Crippen LogP contribution in [-0.2, 0) is 4.74 Å². The maximum absolute atomic E-state index is 12.7. The molecule has 2 aromatic rings. The molecule has 1 heterocycles. The highest BCUT2D eigenvalue weighted by Crippen LogP contribution is 2.24. The summed E-state index contributed by atoms with van der Waals surface area (Å²) in [5, 5.41) is 10.6. The predicted molar refractivity (Wildman–Crippen MR) is 114 cm³/mol. The average molecular weight is 421 g/mol. The molecule has 8 heteroatoms. The van der Waals surface area contributed by atoms with Crippen molar-refractivity contribution in [1.82, 2.24) is 20.4 Å². The number of nitrogens with zero attached hydrogens (tertiary/aromatic N) is 2. The summed E-state index contributed by atoms with van der Waals surface area (Å²) in [6, 6.07) is 7.35. The first kappa shape index (κ1) is 22.7. The molecule has 2 amide bonds. The van der Waals surface area contributed by atoms with Gasteiger partial charge in [-0.3, -0.25) is 4.79 Å². The lowest BCUT2D eigenvalue weighted by Gasteiger charge is -2.19. The van der Waals surface area contributed by atoms with Gasteiger partial charge in [-0.05, 0) is 51.3 Å². The quantitative estimate of drug-likeness (QED) is 0.654. The molecule has 1 aromatic heterocycles. The van der Waals surface area contributed by atoms with Gasteiger partial charge >= 0.3 is 6.09 Å². The third kappa shape index (κ3) is 6.78. The summed E-state index contributed by atoms with van der Waals surface area (Å²) in [5.41, 5.74) is 1.62. The fourth-order valence-electron chi connectivity index (χ4n) is 2.79. The number of alkyl carbamates (subject to hydrolysis) is 1. The number of halogens is 1. The van der Waals surface area contributed by atoms with E-state index in [2.05, 4.69) is 15.7 Å². The van der Waals surface area contributed by atoms with Crippen LogP contribution in [0.4, 0.5) is 4.79 Å². The van der Waals surface area contributed by atoms with Gasteiger partial charge in [0, 0.05) is 18.1 Å². The number of hydrogen-bond acceptors (Lipinski definition) is 4. The van der Waals surface area contributed by atoms with Crippen LogP contribution in [0.5, 0.6) is 0 Å². The number of hydrogen-bond donors (Lipinski definition) is 2. The Balaban J connectivity index is 1.95. The average Bonchev–Trinajstić information content (AvgIpc) is 3.05. The number of amides is 2. The number of ether oxygens (including phenoxy) is 1. The van der Waals surface area contributed by atoms with E-state index in [1.165, 1.54) is 0 Å². The molecule has 7 nitrogen and oxygen atoms in total. The molecule has 2 N–H and O–H groups in total. The molecule has 0 spiro atoms. The van der Waals surface area contributed by atoms with Crippen LogP contribution in [0, 0.1) is 0 Å². The Bertz CT molecular complexity index is 856. The van der Waals surface area contributed by atoms with Crippen LogP contribution in [0.2, 0.25) is 5.02 Å². The molecule has 158 valence electrons. The van der Waals surface area contributed by atoms with Crippen molar-refractivity contribution in [1.29, 1.82) is 0 Å². The number of rotatable bonds is 7. The first-order chi connectivity index (χ1) is 13.6. The molecular weight excluding hydrogens is 392 g/mol. The molecule has 0 fully saturated rings. The lowest BCUT2D eigenvalue weighted by atomic mass is 10.0. The fourth-order valence-corrected chi connectivity index (χ4v) is 2.98. The minimum Gasteiger partial charge on any atom is -0.444 e. The molecule has 0 aliphatic rings. The topological polar surface area (TPSA) is 85.2 Å². The van der Waals surface area contributed by atoms with E-state index in [-0.39, 0.29) is 11.8 Å². The van der Waals surface area contributed by atoms with Crippen LogP contribution < -0.4 is 10.6 Å². The third-order valence-corrected chi connectivity index (χ3v) is 4.19. The van der Waals surface area contributed by atoms with Crippen molar-refractivity contribution in [2.24, 2.45) is 0 Å². The summed E-state index contributed by atoms with van der Waals surface area (Å²) in [5.74, 6) is -0.106. The van der Waals surface area contributed by atoms with Crippen molar-refractivity contribution in [3.63, 3.8) is 0 Å². The summed E-state index contributed by atoms with van der Waals surface area (Å²) < 4.78 is 6.92. The molecule has 0 saturated heterocycles. The predicted octanol–water partition coefficient (Wildman–Crippen LogP) is 4.29. The van der Waals surface area contributed by atoms with Crippen molar-refractivity contribution in [3.8, 4) is 5.69 Å². The van der Waals surface area contributed by atoms with Crippen LogP contribution in [0.1, 0.15) is 63.0 Å². The standard InChI is InChI=1S/C21H29ClN4O3/c1-14(2)18-17(13-25-26(18)16-9-6-8-15(22)12-16)19(27)23-10-7-11-24-20(28)29-21(3,4)5/h6,8-9,12-14H,7,10-11H2,1-5H3,(H,23,27)(H,24,28). The van der Waals surface area contributed by atoms with Gasteiger partial charge in [0.05, 0.1) is 23.1 Å². The lowest BCUT2D eigenvalue weighted by Crippen LogP contribution is -2.34. The van der Waals surface area contributed by atoms with Crippen LogP contribution in [0.3, 0.4) is 0 Å². The fraction of sp³-hybridized carbons (Fsp3) is 0.476. The molecule has 0 aliphatic carbocycles. The molecule has 0 bridgehead atoms. The van der Waals surface area contributed by atoms with Crippen LogP contribution >= 0.6 is 11.6 Å². The molecule has 1 aromatic carbocycles. The lowest BCUT2D eigenvalue weighted by molar-refractivity contribution is 0.0527. The minimum absolute atomic E-state index is 0.0890. The molecule has 0 atom stereocenters. The van der Waals surface area contributed by atoms with E-state index in [1.54, 1.807) is 16.9 Å². The summed E-state index contributed by atoms with van der Waals surface area (Å²) >= 11 is 6.09. The number of aromatic nitrogens is 2. The summed E-state index contributed by atoms with van der Waals surface area (Å²) in [6.07, 6.45) is 1.70. The van der Waals surface area contributed by atoms with E-state index in [4.69, 9.17) is 16.3 Å². The Morgan fingerprint density at radius 1 is 1.21 bits per heavy atom. The Kier molecular flexibility index (Phi) is 7.67. The van der Waals surface area contributed by atoms with Crippen molar-refractivity contribution in [2.75, 3.05) is 13.1 Å². The van der Waals surface area contributed by atoms with Gasteiger partial charge in [0.25, 0.3) is 5.91 Å². The zero-order valence-electron chi connectivity index (χ0n) is 17.6. The number of carbonyl (C=O) groups excluding carboxylic acids is 2. The molecule has 0 unspecified atom stereocenters.